The van der Waals surface area contributed by atoms with Crippen LogP contribution in [-0.4, -0.2) is 66.8 Å². The number of carbonyl (C=O) groups is 2. The first-order valence-electron chi connectivity index (χ1n) is 15.3. The lowest BCUT2D eigenvalue weighted by Gasteiger charge is -2.30. The smallest absolute Gasteiger partial charge is 0.390 e. The Bertz CT molecular complexity index is 1560. The third-order valence-corrected chi connectivity index (χ3v) is 8.58. The molecule has 2 aliphatic rings. The van der Waals surface area contributed by atoms with Gasteiger partial charge in [0.25, 0.3) is 11.8 Å². The number of amides is 2. The molecule has 1 fully saturated rings. The molecular formula is C34H37ClF5N3O4. The topological polar surface area (TPSA) is 90.9 Å². The van der Waals surface area contributed by atoms with E-state index in [0.29, 0.717) is 68.3 Å². The number of nitrogens with one attached hydrogen (secondary N) is 2. The van der Waals surface area contributed by atoms with Crippen LogP contribution >= 0.6 is 12.4 Å². The molecule has 1 saturated carbocycles. The Labute approximate surface area is 275 Å². The highest BCUT2D eigenvalue weighted by Gasteiger charge is 2.45. The SMILES string of the molecule is CCOCCN1CCc2c(C(=O)N[C@@H](Cc3cc(F)cc(F)c3)[C@@H](O)CNC3(c4cccc(C(F)(F)F)c4)CC3)cccc2C1=O.Cl. The van der Waals surface area contributed by atoms with Crippen LogP contribution in [0, 0.1) is 11.6 Å². The van der Waals surface area contributed by atoms with Crippen molar-refractivity contribution in [2.24, 2.45) is 0 Å². The second-order valence-electron chi connectivity index (χ2n) is 11.7. The number of hydrogen-bond acceptors (Lipinski definition) is 5. The molecule has 0 radical (unpaired) electrons. The summed E-state index contributed by atoms with van der Waals surface area (Å²) >= 11 is 0. The zero-order chi connectivity index (χ0) is 33.1. The molecule has 47 heavy (non-hydrogen) atoms. The van der Waals surface area contributed by atoms with Gasteiger partial charge in [-0.05, 0) is 85.7 Å². The van der Waals surface area contributed by atoms with E-state index < -0.39 is 47.0 Å². The van der Waals surface area contributed by atoms with Crippen LogP contribution in [0.25, 0.3) is 0 Å². The highest BCUT2D eigenvalue weighted by molar-refractivity contribution is 6.03. The number of aliphatic hydroxyl groups excluding tert-OH is 1. The number of ether oxygens (including phenoxy) is 1. The molecule has 0 bridgehead atoms. The molecule has 3 aromatic carbocycles. The number of alkyl halides is 3. The number of fused-ring (bicyclic) bond motifs is 1. The van der Waals surface area contributed by atoms with Crippen LogP contribution < -0.4 is 10.6 Å². The van der Waals surface area contributed by atoms with Crippen LogP contribution in [0.2, 0.25) is 0 Å². The molecule has 1 heterocycles. The van der Waals surface area contributed by atoms with Gasteiger partial charge in [0.15, 0.2) is 0 Å². The molecule has 0 unspecified atom stereocenters. The molecule has 7 nitrogen and oxygen atoms in total. The lowest BCUT2D eigenvalue weighted by molar-refractivity contribution is -0.137. The normalized spacial score (nSPS) is 16.6. The highest BCUT2D eigenvalue weighted by Crippen LogP contribution is 2.46. The highest BCUT2D eigenvalue weighted by atomic mass is 35.5. The third kappa shape index (κ3) is 8.67. The molecule has 1 aliphatic heterocycles. The van der Waals surface area contributed by atoms with Crippen molar-refractivity contribution in [3.05, 3.63) is 106 Å². The number of hydrogen-bond donors (Lipinski definition) is 3. The summed E-state index contributed by atoms with van der Waals surface area (Å²) < 4.78 is 73.5. The number of carbonyl (C=O) groups excluding carboxylic acids is 2. The molecule has 13 heteroatoms. The lowest BCUT2D eigenvalue weighted by atomic mass is 9.92. The van der Waals surface area contributed by atoms with Gasteiger partial charge in [0.1, 0.15) is 11.6 Å². The molecule has 0 spiro atoms. The van der Waals surface area contributed by atoms with Crippen LogP contribution in [0.3, 0.4) is 0 Å². The fourth-order valence-corrected chi connectivity index (χ4v) is 5.96. The van der Waals surface area contributed by atoms with E-state index in [-0.39, 0.29) is 42.4 Å². The largest absolute Gasteiger partial charge is 0.416 e. The summed E-state index contributed by atoms with van der Waals surface area (Å²) in [5.41, 5.74) is 0.247. The van der Waals surface area contributed by atoms with Crippen LogP contribution in [0.4, 0.5) is 22.0 Å². The average Bonchev–Trinajstić information content (AvgIpc) is 3.81. The van der Waals surface area contributed by atoms with Gasteiger partial charge in [-0.2, -0.15) is 13.2 Å². The van der Waals surface area contributed by atoms with Crippen molar-refractivity contribution in [2.75, 3.05) is 32.8 Å². The summed E-state index contributed by atoms with van der Waals surface area (Å²) in [7, 11) is 0. The molecule has 0 saturated heterocycles. The maximum Gasteiger partial charge on any atom is 0.416 e. The molecule has 254 valence electrons. The summed E-state index contributed by atoms with van der Waals surface area (Å²) in [5, 5.41) is 17.3. The van der Waals surface area contributed by atoms with Gasteiger partial charge >= 0.3 is 6.18 Å². The molecule has 0 aromatic heterocycles. The van der Waals surface area contributed by atoms with E-state index in [1.54, 1.807) is 29.2 Å². The van der Waals surface area contributed by atoms with Gasteiger partial charge < -0.3 is 25.4 Å². The first-order valence-corrected chi connectivity index (χ1v) is 15.3. The molecule has 1 aliphatic carbocycles. The Kier molecular flexibility index (Phi) is 11.7. The van der Waals surface area contributed by atoms with Crippen molar-refractivity contribution in [1.82, 2.24) is 15.5 Å². The number of benzene rings is 3. The summed E-state index contributed by atoms with van der Waals surface area (Å²) in [6.45, 7) is 3.46. The first-order chi connectivity index (χ1) is 21.9. The van der Waals surface area contributed by atoms with Gasteiger partial charge in [-0.3, -0.25) is 9.59 Å². The maximum atomic E-state index is 14.1. The maximum absolute atomic E-state index is 14.1. The Hall–Kier alpha value is -3.58. The minimum Gasteiger partial charge on any atom is -0.390 e. The van der Waals surface area contributed by atoms with Crippen molar-refractivity contribution in [1.29, 1.82) is 0 Å². The minimum atomic E-state index is -4.51. The molecule has 3 N–H and O–H groups in total. The number of rotatable bonds is 13. The van der Waals surface area contributed by atoms with Gasteiger partial charge in [-0.1, -0.05) is 18.2 Å². The van der Waals surface area contributed by atoms with Crippen LogP contribution in [-0.2, 0) is 29.3 Å². The first kappa shape index (κ1) is 36.3. The zero-order valence-electron chi connectivity index (χ0n) is 25.7. The Morgan fingerprint density at radius 1 is 1.06 bits per heavy atom. The molecule has 2 atom stereocenters. The fourth-order valence-electron chi connectivity index (χ4n) is 5.96. The van der Waals surface area contributed by atoms with Gasteiger partial charge in [-0.25, -0.2) is 8.78 Å². The van der Waals surface area contributed by atoms with Crippen molar-refractivity contribution in [3.8, 4) is 0 Å². The predicted octanol–water partition coefficient (Wildman–Crippen LogP) is 5.42. The van der Waals surface area contributed by atoms with E-state index in [1.165, 1.54) is 6.07 Å². The number of aliphatic hydroxyl groups is 1. The summed E-state index contributed by atoms with van der Waals surface area (Å²) in [4.78, 5) is 28.5. The van der Waals surface area contributed by atoms with Gasteiger partial charge in [0.2, 0.25) is 0 Å². The average molecular weight is 682 g/mol. The summed E-state index contributed by atoms with van der Waals surface area (Å²) in [5.74, 6) is -2.44. The molecular weight excluding hydrogens is 645 g/mol. The monoisotopic (exact) mass is 681 g/mol. The summed E-state index contributed by atoms with van der Waals surface area (Å²) in [6.07, 6.45) is -4.45. The van der Waals surface area contributed by atoms with Crippen LogP contribution in [0.1, 0.15) is 62.7 Å². The molecule has 2 amide bonds. The van der Waals surface area contributed by atoms with E-state index in [4.69, 9.17) is 4.74 Å². The Morgan fingerprint density at radius 2 is 1.77 bits per heavy atom. The minimum absolute atomic E-state index is 0. The van der Waals surface area contributed by atoms with Crippen LogP contribution in [0.5, 0.6) is 0 Å². The van der Waals surface area contributed by atoms with Gasteiger partial charge in [0.05, 0.1) is 24.3 Å². The lowest BCUT2D eigenvalue weighted by Crippen LogP contribution is -2.50. The number of halogens is 6. The molecule has 3 aromatic rings. The third-order valence-electron chi connectivity index (χ3n) is 8.58. The van der Waals surface area contributed by atoms with Crippen LogP contribution in [0.15, 0.2) is 60.7 Å². The second kappa shape index (κ2) is 15.1. The van der Waals surface area contributed by atoms with Crippen molar-refractivity contribution >= 4 is 24.2 Å². The second-order valence-corrected chi connectivity index (χ2v) is 11.7. The van der Waals surface area contributed by atoms with Crippen molar-refractivity contribution in [3.63, 3.8) is 0 Å². The predicted molar refractivity (Wildman–Crippen MR) is 167 cm³/mol. The van der Waals surface area contributed by atoms with Gasteiger partial charge in [-0.15, -0.1) is 12.4 Å². The summed E-state index contributed by atoms with van der Waals surface area (Å²) in [6, 6.07) is 11.7. The van der Waals surface area contributed by atoms with E-state index in [1.807, 2.05) is 6.92 Å². The van der Waals surface area contributed by atoms with E-state index >= 15 is 0 Å². The Morgan fingerprint density at radius 3 is 2.43 bits per heavy atom. The van der Waals surface area contributed by atoms with E-state index in [0.717, 1.165) is 24.3 Å². The van der Waals surface area contributed by atoms with E-state index in [2.05, 4.69) is 10.6 Å². The van der Waals surface area contributed by atoms with Crippen molar-refractivity contribution < 1.29 is 41.4 Å². The molecule has 5 rings (SSSR count). The number of nitrogens with zero attached hydrogens (tertiary/aromatic N) is 1. The Balaban J connectivity index is 0.00000500. The quantitative estimate of drug-likeness (QED) is 0.166. The van der Waals surface area contributed by atoms with Gasteiger partial charge in [0, 0.05) is 49.0 Å². The fraction of sp³-hybridized carbons (Fsp3) is 0.412. The van der Waals surface area contributed by atoms with E-state index in [9.17, 15) is 36.6 Å². The van der Waals surface area contributed by atoms with Crippen molar-refractivity contribution in [2.45, 2.75) is 56.5 Å². The zero-order valence-corrected chi connectivity index (χ0v) is 26.5. The standard InChI is InChI=1S/C34H36F5N3O4.ClH/c1-2-46-14-13-42-12-9-26-27(7-4-8-28(26)32(42)45)31(44)41-29(17-21-15-24(35)19-25(36)16-21)30(43)20-40-33(10-11-33)22-5-3-6-23(18-22)34(37,38)39;/h3-8,15-16,18-19,29-30,40,43H,2,9-14,17,20H2,1H3,(H,41,44);1H/t29-,30-;/m0./s1.